The summed E-state index contributed by atoms with van der Waals surface area (Å²) in [5.41, 5.74) is 7.44. The average Bonchev–Trinajstić information content (AvgIpc) is 2.54. The number of nitrogens with zero attached hydrogens (tertiary/aromatic N) is 2. The van der Waals surface area contributed by atoms with Crippen LogP contribution in [0.3, 0.4) is 0 Å². The molecule has 0 radical (unpaired) electrons. The number of hydrogen-bond acceptors (Lipinski definition) is 5. The molecule has 3 N–H and O–H groups in total. The van der Waals surface area contributed by atoms with Crippen LogP contribution < -0.4 is 11.1 Å². The molecule has 2 heterocycles. The monoisotopic (exact) mass is 480 g/mol. The fourth-order valence-electron chi connectivity index (χ4n) is 2.85. The highest BCUT2D eigenvalue weighted by Crippen LogP contribution is 2.26. The minimum absolute atomic E-state index is 0.268. The molecule has 1 aromatic carbocycles. The van der Waals surface area contributed by atoms with E-state index in [1.54, 1.807) is 18.3 Å². The Morgan fingerprint density at radius 1 is 1.31 bits per heavy atom. The number of rotatable bonds is 4. The fourth-order valence-corrected chi connectivity index (χ4v) is 3.62. The number of anilines is 1. The van der Waals surface area contributed by atoms with E-state index in [1.807, 2.05) is 25.1 Å². The molecule has 2 aromatic rings. The van der Waals surface area contributed by atoms with Crippen molar-refractivity contribution in [3.8, 4) is 0 Å². The molecule has 8 heteroatoms. The third kappa shape index (κ3) is 4.90. The van der Waals surface area contributed by atoms with Gasteiger partial charge in [-0.15, -0.1) is 0 Å². The molecule has 1 aliphatic heterocycles. The van der Waals surface area contributed by atoms with Crippen molar-refractivity contribution >= 4 is 49.3 Å². The standard InChI is InChI=1S/C18H18Br2N4O2/c1-18(10-26-9-16(21)24-18)7-11-4-13(20)6-14(5-11)23-17(25)15-3-2-12(19)8-22-15/h2-6,8H,7,9-10H2,1H3,(H2,21,24)(H,23,25). The van der Waals surface area contributed by atoms with Crippen molar-refractivity contribution in [2.75, 3.05) is 18.5 Å². The number of carbonyl (C=O) groups is 1. The average molecular weight is 482 g/mol. The van der Waals surface area contributed by atoms with Gasteiger partial charge in [-0.1, -0.05) is 15.9 Å². The number of pyridine rings is 1. The lowest BCUT2D eigenvalue weighted by Crippen LogP contribution is -2.41. The van der Waals surface area contributed by atoms with E-state index in [2.05, 4.69) is 47.2 Å². The van der Waals surface area contributed by atoms with Crippen LogP contribution in [0.1, 0.15) is 23.0 Å². The van der Waals surface area contributed by atoms with E-state index in [4.69, 9.17) is 10.5 Å². The van der Waals surface area contributed by atoms with Crippen LogP contribution in [0.15, 0.2) is 50.5 Å². The molecule has 1 unspecified atom stereocenters. The third-order valence-corrected chi connectivity index (χ3v) is 4.76. The molecule has 26 heavy (non-hydrogen) atoms. The van der Waals surface area contributed by atoms with Gasteiger partial charge in [0.25, 0.3) is 5.91 Å². The van der Waals surface area contributed by atoms with Gasteiger partial charge in [0.2, 0.25) is 0 Å². The molecule has 0 saturated carbocycles. The Kier molecular flexibility index (Phi) is 5.74. The van der Waals surface area contributed by atoms with Gasteiger partial charge in [-0.25, -0.2) is 4.98 Å². The summed E-state index contributed by atoms with van der Waals surface area (Å²) >= 11 is 6.80. The van der Waals surface area contributed by atoms with Crippen molar-refractivity contribution in [2.45, 2.75) is 18.9 Å². The van der Waals surface area contributed by atoms with Crippen LogP contribution in [0.25, 0.3) is 0 Å². The summed E-state index contributed by atoms with van der Waals surface area (Å²) < 4.78 is 7.20. The van der Waals surface area contributed by atoms with Crippen LogP contribution in [-0.2, 0) is 11.2 Å². The van der Waals surface area contributed by atoms with Crippen molar-refractivity contribution in [3.05, 3.63) is 56.7 Å². The predicted molar refractivity (Wildman–Crippen MR) is 109 cm³/mol. The van der Waals surface area contributed by atoms with Crippen LogP contribution in [0.2, 0.25) is 0 Å². The van der Waals surface area contributed by atoms with Crippen LogP contribution >= 0.6 is 31.9 Å². The van der Waals surface area contributed by atoms with E-state index >= 15 is 0 Å². The smallest absolute Gasteiger partial charge is 0.274 e. The van der Waals surface area contributed by atoms with Crippen molar-refractivity contribution < 1.29 is 9.53 Å². The molecular formula is C18H18Br2N4O2. The highest BCUT2D eigenvalue weighted by molar-refractivity contribution is 9.10. The Balaban J connectivity index is 1.78. The number of amides is 1. The number of nitrogens with two attached hydrogens (primary N) is 1. The summed E-state index contributed by atoms with van der Waals surface area (Å²) in [7, 11) is 0. The number of ether oxygens (including phenoxy) is 1. The number of amidine groups is 1. The van der Waals surface area contributed by atoms with Gasteiger partial charge in [0, 0.05) is 20.8 Å². The number of carbonyl (C=O) groups excluding carboxylic acids is 1. The normalized spacial score (nSPS) is 19.7. The molecule has 1 atom stereocenters. The number of aliphatic imine (C=N–C) groups is 1. The summed E-state index contributed by atoms with van der Waals surface area (Å²) in [5, 5.41) is 2.88. The first kappa shape index (κ1) is 19.0. The molecule has 136 valence electrons. The maximum Gasteiger partial charge on any atom is 0.274 e. The molecule has 0 fully saturated rings. The highest BCUT2D eigenvalue weighted by atomic mass is 79.9. The third-order valence-electron chi connectivity index (χ3n) is 3.84. The molecule has 3 rings (SSSR count). The number of hydrogen-bond donors (Lipinski definition) is 2. The van der Waals surface area contributed by atoms with Gasteiger partial charge in [-0.2, -0.15) is 0 Å². The van der Waals surface area contributed by atoms with Gasteiger partial charge in [0.1, 0.15) is 18.1 Å². The topological polar surface area (TPSA) is 89.6 Å². The van der Waals surface area contributed by atoms with Crippen molar-refractivity contribution in [1.82, 2.24) is 4.98 Å². The van der Waals surface area contributed by atoms with Gasteiger partial charge >= 0.3 is 0 Å². The Hall–Kier alpha value is -1.77. The van der Waals surface area contributed by atoms with Crippen LogP contribution in [0, 0.1) is 0 Å². The Morgan fingerprint density at radius 3 is 2.81 bits per heavy atom. The van der Waals surface area contributed by atoms with Gasteiger partial charge in [-0.05, 0) is 65.2 Å². The van der Waals surface area contributed by atoms with Gasteiger partial charge in [-0.3, -0.25) is 9.79 Å². The summed E-state index contributed by atoms with van der Waals surface area (Å²) in [5.74, 6) is 0.236. The number of benzene rings is 1. The fraction of sp³-hybridized carbons (Fsp3) is 0.278. The van der Waals surface area contributed by atoms with Crippen molar-refractivity contribution in [2.24, 2.45) is 10.7 Å². The SMILES string of the molecule is CC1(Cc2cc(Br)cc(NC(=O)c3ccc(Br)cn3)c2)COCC(N)=N1. The molecule has 0 aliphatic carbocycles. The van der Waals surface area contributed by atoms with E-state index in [-0.39, 0.29) is 5.91 Å². The van der Waals surface area contributed by atoms with Gasteiger partial charge in [0.15, 0.2) is 0 Å². The zero-order chi connectivity index (χ0) is 18.7. The quantitative estimate of drug-likeness (QED) is 0.698. The zero-order valence-corrected chi connectivity index (χ0v) is 17.3. The van der Waals surface area contributed by atoms with Crippen LogP contribution in [0.5, 0.6) is 0 Å². The molecule has 1 amide bonds. The van der Waals surface area contributed by atoms with Crippen LogP contribution in [-0.4, -0.2) is 35.5 Å². The van der Waals surface area contributed by atoms with Crippen LogP contribution in [0.4, 0.5) is 5.69 Å². The first-order valence-electron chi connectivity index (χ1n) is 7.97. The van der Waals surface area contributed by atoms with E-state index in [0.717, 1.165) is 14.5 Å². The van der Waals surface area contributed by atoms with E-state index < -0.39 is 5.54 Å². The molecule has 1 aromatic heterocycles. The summed E-state index contributed by atoms with van der Waals surface area (Å²) in [6, 6.07) is 9.21. The van der Waals surface area contributed by atoms with Gasteiger partial charge < -0.3 is 15.8 Å². The predicted octanol–water partition coefficient (Wildman–Crippen LogP) is 3.55. The number of nitrogens with one attached hydrogen (secondary N) is 1. The van der Waals surface area contributed by atoms with E-state index in [1.165, 1.54) is 0 Å². The molecule has 6 nitrogen and oxygen atoms in total. The summed E-state index contributed by atoms with van der Waals surface area (Å²) in [6.45, 7) is 2.88. The zero-order valence-electron chi connectivity index (χ0n) is 14.1. The Bertz CT molecular complexity index is 855. The second-order valence-corrected chi connectivity index (χ2v) is 8.26. The van der Waals surface area contributed by atoms with Crippen molar-refractivity contribution in [1.29, 1.82) is 0 Å². The minimum atomic E-state index is -0.419. The Morgan fingerprint density at radius 2 is 2.12 bits per heavy atom. The largest absolute Gasteiger partial charge is 0.386 e. The lowest BCUT2D eigenvalue weighted by atomic mass is 9.93. The maximum atomic E-state index is 12.4. The number of halogens is 2. The van der Waals surface area contributed by atoms with E-state index in [9.17, 15) is 4.79 Å². The highest BCUT2D eigenvalue weighted by Gasteiger charge is 2.28. The van der Waals surface area contributed by atoms with Crippen molar-refractivity contribution in [3.63, 3.8) is 0 Å². The maximum absolute atomic E-state index is 12.4. The van der Waals surface area contributed by atoms with Gasteiger partial charge in [0.05, 0.1) is 12.1 Å². The molecule has 0 spiro atoms. The lowest BCUT2D eigenvalue weighted by molar-refractivity contribution is 0.102. The van der Waals surface area contributed by atoms with E-state index in [0.29, 0.717) is 36.9 Å². The minimum Gasteiger partial charge on any atom is -0.386 e. The molecule has 0 saturated heterocycles. The molecular weight excluding hydrogens is 464 g/mol. The number of aromatic nitrogens is 1. The molecule has 0 bridgehead atoms. The second kappa shape index (κ2) is 7.85. The summed E-state index contributed by atoms with van der Waals surface area (Å²) in [6.07, 6.45) is 2.24. The molecule has 1 aliphatic rings. The first-order chi connectivity index (χ1) is 12.3. The summed E-state index contributed by atoms with van der Waals surface area (Å²) in [4.78, 5) is 21.0. The first-order valence-corrected chi connectivity index (χ1v) is 9.56. The Labute approximate surface area is 168 Å². The lowest BCUT2D eigenvalue weighted by Gasteiger charge is -2.29. The second-order valence-electron chi connectivity index (χ2n) is 6.43.